The van der Waals surface area contributed by atoms with Crippen LogP contribution >= 0.6 is 0 Å². The predicted octanol–water partition coefficient (Wildman–Crippen LogP) is 13.8. The summed E-state index contributed by atoms with van der Waals surface area (Å²) in [6.07, 6.45) is 51.2. The molecule has 424 valence electrons. The minimum absolute atomic E-state index is 0.118. The van der Waals surface area contributed by atoms with Crippen molar-refractivity contribution in [1.82, 2.24) is 5.32 Å². The Morgan fingerprint density at radius 1 is 0.548 bits per heavy atom. The molecule has 1 heterocycles. The highest BCUT2D eigenvalue weighted by Gasteiger charge is 2.47. The first kappa shape index (κ1) is 68.4. The van der Waals surface area contributed by atoms with Gasteiger partial charge in [-0.2, -0.15) is 0 Å². The molecule has 0 spiro atoms. The second-order valence-corrected chi connectivity index (χ2v) is 20.7. The molecule has 11 heteroatoms. The smallest absolute Gasteiger partial charge is 0.306 e. The largest absolute Gasteiger partial charge is 0.454 e. The van der Waals surface area contributed by atoms with Crippen LogP contribution in [0, 0.1) is 0 Å². The Balaban J connectivity index is 2.69. The quantitative estimate of drug-likeness (QED) is 0.0195. The van der Waals surface area contributed by atoms with Crippen LogP contribution in [0.1, 0.15) is 258 Å². The number of amides is 1. The number of rotatable bonds is 50. The van der Waals surface area contributed by atoms with Gasteiger partial charge in [0.1, 0.15) is 24.4 Å². The molecular formula is C62H111NO10. The number of carbonyl (C=O) groups excluding carboxylic acids is 2. The van der Waals surface area contributed by atoms with E-state index in [4.69, 9.17) is 14.2 Å². The lowest BCUT2D eigenvalue weighted by atomic mass is 9.99. The Labute approximate surface area is 446 Å². The molecule has 0 radical (unpaired) electrons. The summed E-state index contributed by atoms with van der Waals surface area (Å²) in [5.41, 5.74) is 0. The van der Waals surface area contributed by atoms with Crippen LogP contribution in [0.5, 0.6) is 0 Å². The zero-order chi connectivity index (χ0) is 53.3. The summed E-state index contributed by atoms with van der Waals surface area (Å²) in [7, 11) is 0. The second kappa shape index (κ2) is 50.2. The molecular weight excluding hydrogens is 919 g/mol. The fraction of sp³-hybridized carbons (Fsp3) is 0.806. The lowest BCUT2D eigenvalue weighted by molar-refractivity contribution is -0.305. The third kappa shape index (κ3) is 38.5. The van der Waals surface area contributed by atoms with Crippen molar-refractivity contribution in [2.24, 2.45) is 0 Å². The zero-order valence-electron chi connectivity index (χ0n) is 46.7. The van der Waals surface area contributed by atoms with Crippen molar-refractivity contribution in [2.75, 3.05) is 13.2 Å². The van der Waals surface area contributed by atoms with E-state index in [2.05, 4.69) is 74.7 Å². The van der Waals surface area contributed by atoms with Gasteiger partial charge < -0.3 is 45.1 Å². The number of carbonyl (C=O) groups is 2. The zero-order valence-corrected chi connectivity index (χ0v) is 46.7. The average Bonchev–Trinajstić information content (AvgIpc) is 3.39. The van der Waals surface area contributed by atoms with Gasteiger partial charge in [0.05, 0.1) is 25.4 Å². The van der Waals surface area contributed by atoms with Crippen LogP contribution in [0.2, 0.25) is 0 Å². The van der Waals surface area contributed by atoms with Gasteiger partial charge in [-0.25, -0.2) is 0 Å². The van der Waals surface area contributed by atoms with E-state index < -0.39 is 67.4 Å². The molecule has 1 saturated heterocycles. The maximum absolute atomic E-state index is 13.4. The molecule has 1 amide bonds. The minimum atomic E-state index is -1.62. The van der Waals surface area contributed by atoms with Crippen LogP contribution in [0.4, 0.5) is 0 Å². The van der Waals surface area contributed by atoms with Gasteiger partial charge in [-0.15, -0.1) is 0 Å². The highest BCUT2D eigenvalue weighted by Crippen LogP contribution is 2.26. The van der Waals surface area contributed by atoms with Gasteiger partial charge in [-0.3, -0.25) is 9.59 Å². The Kier molecular flexibility index (Phi) is 47.0. The van der Waals surface area contributed by atoms with Crippen molar-refractivity contribution < 1.29 is 49.3 Å². The molecule has 6 N–H and O–H groups in total. The minimum Gasteiger partial charge on any atom is -0.454 e. The topological polar surface area (TPSA) is 175 Å². The summed E-state index contributed by atoms with van der Waals surface area (Å²) < 4.78 is 17.6. The van der Waals surface area contributed by atoms with E-state index in [9.17, 15) is 35.1 Å². The number of nitrogens with one attached hydrogen (secondary N) is 1. The fourth-order valence-corrected chi connectivity index (χ4v) is 9.13. The first-order valence-corrected chi connectivity index (χ1v) is 30.1. The summed E-state index contributed by atoms with van der Waals surface area (Å²) in [5.74, 6) is -1.22. The molecule has 1 rings (SSSR count). The first-order valence-electron chi connectivity index (χ1n) is 30.1. The van der Waals surface area contributed by atoms with Gasteiger partial charge in [-0.05, 0) is 83.5 Å². The molecule has 0 bridgehead atoms. The molecule has 0 aromatic heterocycles. The lowest BCUT2D eigenvalue weighted by Crippen LogP contribution is -2.61. The lowest BCUT2D eigenvalue weighted by Gasteiger charge is -2.41. The van der Waals surface area contributed by atoms with E-state index >= 15 is 0 Å². The summed E-state index contributed by atoms with van der Waals surface area (Å²) in [6.45, 7) is 5.65. The SMILES string of the molecule is CC/C=C/C/C=C/C/C=C/CCCCCC(O)C(=O)NC(COC1OC(CO)C(O)C(O)C1OC(=O)CCCCCCCCCCC/C=C/CCCCCCCC)C(O)/C=C/CCCCCCCCCCCC. The molecule has 1 aliphatic rings. The Morgan fingerprint density at radius 3 is 1.49 bits per heavy atom. The number of hydrogen-bond donors (Lipinski definition) is 6. The molecule has 8 unspecified atom stereocenters. The molecule has 0 aliphatic carbocycles. The Bertz CT molecular complexity index is 1420. The van der Waals surface area contributed by atoms with Crippen LogP contribution in [-0.2, 0) is 23.8 Å². The van der Waals surface area contributed by atoms with Crippen molar-refractivity contribution in [3.63, 3.8) is 0 Å². The molecule has 1 aliphatic heterocycles. The van der Waals surface area contributed by atoms with E-state index in [1.165, 1.54) is 135 Å². The van der Waals surface area contributed by atoms with E-state index in [1.54, 1.807) is 6.08 Å². The van der Waals surface area contributed by atoms with Crippen LogP contribution in [-0.4, -0.2) is 99.6 Å². The van der Waals surface area contributed by atoms with Gasteiger partial charge in [0.25, 0.3) is 0 Å². The standard InChI is InChI=1S/C62H111NO10/c1-4-7-10-13-16-19-22-25-26-27-28-29-30-32-35-38-41-44-47-50-57(67)73-60-59(69)58(68)56(51-64)72-62(60)71-52-53(54(65)48-45-42-39-36-33-24-21-18-15-12-9-6-3)63-61(70)55(66)49-46-43-40-37-34-31-23-20-17-14-11-8-5-2/h8,11,17,20,25-26,31,34,45,48,53-56,58-60,62,64-66,68-69H,4-7,9-10,12-16,18-19,21-24,27-30,32-33,35-44,46-47,49-52H2,1-3H3,(H,63,70)/b11-8+,20-17+,26-25+,34-31+,48-45+. The maximum atomic E-state index is 13.4. The van der Waals surface area contributed by atoms with Crippen LogP contribution in [0.25, 0.3) is 0 Å². The Morgan fingerprint density at radius 2 is 0.986 bits per heavy atom. The van der Waals surface area contributed by atoms with Gasteiger partial charge in [-0.1, -0.05) is 229 Å². The number of hydrogen-bond acceptors (Lipinski definition) is 10. The number of aliphatic hydroxyl groups is 5. The van der Waals surface area contributed by atoms with Crippen molar-refractivity contribution in [1.29, 1.82) is 0 Å². The third-order valence-electron chi connectivity index (χ3n) is 13.9. The number of esters is 1. The summed E-state index contributed by atoms with van der Waals surface area (Å²) >= 11 is 0. The van der Waals surface area contributed by atoms with Crippen molar-refractivity contribution >= 4 is 11.9 Å². The van der Waals surface area contributed by atoms with Crippen LogP contribution in [0.3, 0.4) is 0 Å². The van der Waals surface area contributed by atoms with E-state index in [0.717, 1.165) is 77.0 Å². The summed E-state index contributed by atoms with van der Waals surface area (Å²) in [5, 5.41) is 56.8. The van der Waals surface area contributed by atoms with Crippen molar-refractivity contribution in [2.45, 2.75) is 307 Å². The number of ether oxygens (including phenoxy) is 3. The van der Waals surface area contributed by atoms with Crippen molar-refractivity contribution in [3.8, 4) is 0 Å². The van der Waals surface area contributed by atoms with Gasteiger partial charge >= 0.3 is 5.97 Å². The third-order valence-corrected chi connectivity index (χ3v) is 13.9. The van der Waals surface area contributed by atoms with Crippen LogP contribution in [0.15, 0.2) is 60.8 Å². The molecule has 73 heavy (non-hydrogen) atoms. The highest BCUT2D eigenvalue weighted by atomic mass is 16.7. The average molecular weight is 1030 g/mol. The number of aliphatic hydroxyl groups excluding tert-OH is 5. The molecule has 11 nitrogen and oxygen atoms in total. The summed E-state index contributed by atoms with van der Waals surface area (Å²) in [6, 6.07) is -1.04. The fourth-order valence-electron chi connectivity index (χ4n) is 9.13. The summed E-state index contributed by atoms with van der Waals surface area (Å²) in [4.78, 5) is 26.5. The van der Waals surface area contributed by atoms with E-state index in [1.807, 2.05) is 6.08 Å². The maximum Gasteiger partial charge on any atom is 0.306 e. The normalized spacial score (nSPS) is 19.8. The van der Waals surface area contributed by atoms with Crippen LogP contribution < -0.4 is 5.32 Å². The van der Waals surface area contributed by atoms with Crippen molar-refractivity contribution in [3.05, 3.63) is 60.8 Å². The van der Waals surface area contributed by atoms with Gasteiger partial charge in [0.2, 0.25) is 5.91 Å². The van der Waals surface area contributed by atoms with E-state index in [-0.39, 0.29) is 19.4 Å². The second-order valence-electron chi connectivity index (χ2n) is 20.7. The number of allylic oxidation sites excluding steroid dienone is 9. The first-order chi connectivity index (χ1) is 35.7. The molecule has 0 aromatic carbocycles. The molecule has 1 fully saturated rings. The van der Waals surface area contributed by atoms with E-state index in [0.29, 0.717) is 12.8 Å². The predicted molar refractivity (Wildman–Crippen MR) is 301 cm³/mol. The monoisotopic (exact) mass is 1030 g/mol. The van der Waals surface area contributed by atoms with Gasteiger partial charge in [0.15, 0.2) is 12.4 Å². The molecule has 8 atom stereocenters. The molecule has 0 saturated carbocycles. The highest BCUT2D eigenvalue weighted by molar-refractivity contribution is 5.80. The Hall–Kier alpha value is -2.64. The van der Waals surface area contributed by atoms with Gasteiger partial charge in [0, 0.05) is 6.42 Å². The number of unbranched alkanes of at least 4 members (excludes halogenated alkanes) is 28. The molecule has 0 aromatic rings.